The van der Waals surface area contributed by atoms with Crippen LogP contribution in [0, 0.1) is 0 Å². The molecule has 35 heavy (non-hydrogen) atoms. The first-order valence-corrected chi connectivity index (χ1v) is 12.5. The van der Waals surface area contributed by atoms with Gasteiger partial charge < -0.3 is 30.2 Å². The highest BCUT2D eigenvalue weighted by Crippen LogP contribution is 2.48. The average Bonchev–Trinajstić information content (AvgIpc) is 3.70. The van der Waals surface area contributed by atoms with Gasteiger partial charge in [-0.05, 0) is 69.1 Å². The first-order chi connectivity index (χ1) is 17.2. The lowest BCUT2D eigenvalue weighted by molar-refractivity contribution is 0.476. The number of H-pyrrole nitrogens is 2. The lowest BCUT2D eigenvalue weighted by Gasteiger charge is -2.30. The second kappa shape index (κ2) is 8.25. The van der Waals surface area contributed by atoms with Crippen LogP contribution in [0.5, 0.6) is 11.5 Å². The normalized spacial score (nSPS) is 21.1. The summed E-state index contributed by atoms with van der Waals surface area (Å²) in [6, 6.07) is 13.3. The standard InChI is InChI=1S/C27H29N7O/c1-34-22-8-6-17(21-15-31-27(33-21)19-5-3-11-29-19)13-25(22)35-24-9-7-16(12-23(24)34)20-14-30-26(32-20)18-4-2-10-28-18/h6-9,12-15,18-19,28-29H,2-5,10-11H2,1H3,(H,30,32)(H,31,33)/t18-,19-/m0/s1. The Morgan fingerprint density at radius 1 is 0.886 bits per heavy atom. The molecule has 0 amide bonds. The smallest absolute Gasteiger partial charge is 0.151 e. The van der Waals surface area contributed by atoms with Crippen molar-refractivity contribution in [1.29, 1.82) is 0 Å². The largest absolute Gasteiger partial charge is 0.453 e. The first-order valence-electron chi connectivity index (χ1n) is 12.5. The summed E-state index contributed by atoms with van der Waals surface area (Å²) < 4.78 is 6.37. The number of fused-ring (bicyclic) bond motifs is 2. The molecule has 3 aliphatic rings. The maximum Gasteiger partial charge on any atom is 0.151 e. The predicted octanol–water partition coefficient (Wildman–Crippen LogP) is 5.19. The van der Waals surface area contributed by atoms with E-state index in [1.54, 1.807) is 0 Å². The van der Waals surface area contributed by atoms with Crippen molar-refractivity contribution < 1.29 is 4.74 Å². The summed E-state index contributed by atoms with van der Waals surface area (Å²) >= 11 is 0. The second-order valence-corrected chi connectivity index (χ2v) is 9.68. The summed E-state index contributed by atoms with van der Waals surface area (Å²) in [5.74, 6) is 3.71. The summed E-state index contributed by atoms with van der Waals surface area (Å²) in [6.45, 7) is 2.11. The van der Waals surface area contributed by atoms with Crippen LogP contribution in [0.15, 0.2) is 48.8 Å². The van der Waals surface area contributed by atoms with E-state index in [1.807, 2.05) is 18.5 Å². The fourth-order valence-electron chi connectivity index (χ4n) is 5.47. The van der Waals surface area contributed by atoms with Gasteiger partial charge in [-0.25, -0.2) is 9.97 Å². The van der Waals surface area contributed by atoms with Gasteiger partial charge in [-0.1, -0.05) is 6.07 Å². The number of nitrogens with zero attached hydrogens (tertiary/aromatic N) is 3. The van der Waals surface area contributed by atoms with Gasteiger partial charge in [0.15, 0.2) is 11.5 Å². The van der Waals surface area contributed by atoms with Crippen molar-refractivity contribution in [3.05, 3.63) is 60.4 Å². The Morgan fingerprint density at radius 2 is 1.69 bits per heavy atom. The topological polar surface area (TPSA) is 93.9 Å². The number of benzene rings is 2. The molecule has 2 aromatic heterocycles. The van der Waals surface area contributed by atoms with Crippen LogP contribution in [-0.2, 0) is 0 Å². The highest BCUT2D eigenvalue weighted by molar-refractivity contribution is 5.82. The second-order valence-electron chi connectivity index (χ2n) is 9.68. The first kappa shape index (κ1) is 20.7. The van der Waals surface area contributed by atoms with E-state index in [4.69, 9.17) is 9.72 Å². The number of anilines is 2. The average molecular weight is 468 g/mol. The van der Waals surface area contributed by atoms with Gasteiger partial charge in [-0.2, -0.15) is 0 Å². The van der Waals surface area contributed by atoms with Crippen LogP contribution in [0.3, 0.4) is 0 Å². The van der Waals surface area contributed by atoms with E-state index in [1.165, 1.54) is 12.8 Å². The number of nitrogens with one attached hydrogen (secondary N) is 4. The molecular weight excluding hydrogens is 438 g/mol. The molecule has 4 N–H and O–H groups in total. The third-order valence-corrected chi connectivity index (χ3v) is 7.44. The van der Waals surface area contributed by atoms with Gasteiger partial charge in [0.1, 0.15) is 11.6 Å². The van der Waals surface area contributed by atoms with Crippen LogP contribution in [0.25, 0.3) is 22.5 Å². The number of imidazole rings is 2. The van der Waals surface area contributed by atoms with Gasteiger partial charge in [-0.3, -0.25) is 0 Å². The molecule has 0 spiro atoms. The summed E-state index contributed by atoms with van der Waals surface area (Å²) in [5, 5.41) is 7.01. The Labute approximate surface area is 204 Å². The molecule has 0 saturated carbocycles. The minimum atomic E-state index is 0.324. The van der Waals surface area contributed by atoms with Gasteiger partial charge in [0, 0.05) is 24.4 Å². The third-order valence-electron chi connectivity index (χ3n) is 7.44. The van der Waals surface area contributed by atoms with Crippen LogP contribution in [-0.4, -0.2) is 40.1 Å². The molecule has 178 valence electrons. The van der Waals surface area contributed by atoms with Gasteiger partial charge in [0.05, 0.1) is 41.0 Å². The van der Waals surface area contributed by atoms with Crippen molar-refractivity contribution in [1.82, 2.24) is 30.6 Å². The zero-order valence-corrected chi connectivity index (χ0v) is 19.8. The molecule has 8 nitrogen and oxygen atoms in total. The molecule has 2 aromatic carbocycles. The van der Waals surface area contributed by atoms with E-state index in [-0.39, 0.29) is 0 Å². The Bertz CT molecular complexity index is 1380. The van der Waals surface area contributed by atoms with Crippen molar-refractivity contribution in [3.8, 4) is 34.0 Å². The number of rotatable bonds is 4. The summed E-state index contributed by atoms with van der Waals surface area (Å²) in [4.78, 5) is 18.5. The van der Waals surface area contributed by atoms with Crippen LogP contribution in [0.1, 0.15) is 49.4 Å². The Balaban J connectivity index is 1.16. The highest BCUT2D eigenvalue weighted by Gasteiger charge is 2.25. The monoisotopic (exact) mass is 467 g/mol. The molecule has 0 aliphatic carbocycles. The summed E-state index contributed by atoms with van der Waals surface area (Å²) in [5.41, 5.74) is 6.17. The zero-order chi connectivity index (χ0) is 23.4. The van der Waals surface area contributed by atoms with Gasteiger partial charge in [0.25, 0.3) is 0 Å². The maximum absolute atomic E-state index is 6.37. The van der Waals surface area contributed by atoms with Gasteiger partial charge in [-0.15, -0.1) is 0 Å². The number of hydrogen-bond donors (Lipinski definition) is 4. The van der Waals surface area contributed by atoms with Gasteiger partial charge >= 0.3 is 0 Å². The fourth-order valence-corrected chi connectivity index (χ4v) is 5.47. The molecule has 7 rings (SSSR count). The molecule has 2 saturated heterocycles. The maximum atomic E-state index is 6.37. The quantitative estimate of drug-likeness (QED) is 0.330. The number of aromatic nitrogens is 4. The van der Waals surface area contributed by atoms with Crippen LogP contribution in [0.4, 0.5) is 11.4 Å². The molecule has 2 atom stereocenters. The third kappa shape index (κ3) is 3.61. The van der Waals surface area contributed by atoms with Crippen molar-refractivity contribution in [2.24, 2.45) is 0 Å². The van der Waals surface area contributed by atoms with Crippen molar-refractivity contribution in [3.63, 3.8) is 0 Å². The Morgan fingerprint density at radius 3 is 2.49 bits per heavy atom. The number of aromatic amines is 2. The van der Waals surface area contributed by atoms with E-state index < -0.39 is 0 Å². The minimum Gasteiger partial charge on any atom is -0.453 e. The molecule has 3 aliphatic heterocycles. The predicted molar refractivity (Wildman–Crippen MR) is 136 cm³/mol. The van der Waals surface area contributed by atoms with E-state index in [0.717, 1.165) is 83.0 Å². The molecule has 0 bridgehead atoms. The van der Waals surface area contributed by atoms with Gasteiger partial charge in [0.2, 0.25) is 0 Å². The molecule has 0 unspecified atom stereocenters. The van der Waals surface area contributed by atoms with Crippen LogP contribution >= 0.6 is 0 Å². The van der Waals surface area contributed by atoms with Crippen molar-refractivity contribution in [2.75, 3.05) is 25.0 Å². The highest BCUT2D eigenvalue weighted by atomic mass is 16.5. The zero-order valence-electron chi connectivity index (χ0n) is 19.8. The lowest BCUT2D eigenvalue weighted by Crippen LogP contribution is -2.15. The molecule has 2 fully saturated rings. The number of ether oxygens (including phenoxy) is 1. The SMILES string of the molecule is CN1c2ccc(-c3cnc([C@@H]4CCCN4)[nH]3)cc2Oc2ccc(-c3c[nH]c([C@@H]4CCCN4)n3)cc21. The lowest BCUT2D eigenvalue weighted by atomic mass is 10.1. The van der Waals surface area contributed by atoms with E-state index in [0.29, 0.717) is 12.1 Å². The van der Waals surface area contributed by atoms with E-state index >= 15 is 0 Å². The summed E-state index contributed by atoms with van der Waals surface area (Å²) in [6.07, 6.45) is 8.57. The Hall–Kier alpha value is -3.62. The molecule has 4 aromatic rings. The van der Waals surface area contributed by atoms with Crippen molar-refractivity contribution >= 4 is 11.4 Å². The minimum absolute atomic E-state index is 0.324. The molecule has 8 heteroatoms. The Kier molecular flexibility index (Phi) is 4.89. The van der Waals surface area contributed by atoms with Crippen molar-refractivity contribution in [2.45, 2.75) is 37.8 Å². The summed E-state index contributed by atoms with van der Waals surface area (Å²) in [7, 11) is 2.09. The molecule has 0 radical (unpaired) electrons. The number of hydrogen-bond acceptors (Lipinski definition) is 6. The van der Waals surface area contributed by atoms with E-state index in [9.17, 15) is 0 Å². The van der Waals surface area contributed by atoms with Crippen LogP contribution < -0.4 is 20.3 Å². The van der Waals surface area contributed by atoms with Crippen LogP contribution in [0.2, 0.25) is 0 Å². The molecular formula is C27H29N7O. The molecule has 5 heterocycles. The van der Waals surface area contributed by atoms with E-state index in [2.05, 4.69) is 67.9 Å². The fraction of sp³-hybridized carbons (Fsp3) is 0.333.